The summed E-state index contributed by atoms with van der Waals surface area (Å²) in [5.74, 6) is -0.711. The van der Waals surface area contributed by atoms with E-state index >= 15 is 0 Å². The Morgan fingerprint density at radius 2 is 2.42 bits per heavy atom. The van der Waals surface area contributed by atoms with Crippen molar-refractivity contribution in [2.45, 2.75) is 6.92 Å². The fourth-order valence-electron chi connectivity index (χ4n) is 0.898. The lowest BCUT2D eigenvalue weighted by molar-refractivity contribution is -0.142. The first kappa shape index (κ1) is 8.52. The van der Waals surface area contributed by atoms with Gasteiger partial charge in [0.25, 0.3) is 0 Å². The smallest absolute Gasteiger partial charge is 0.317 e. The number of nitrogens with zero attached hydrogens (tertiary/aromatic N) is 1. The molecule has 1 rings (SSSR count). The summed E-state index contributed by atoms with van der Waals surface area (Å²) in [5.41, 5.74) is 4.37. The Morgan fingerprint density at radius 1 is 1.75 bits per heavy atom. The number of hydrogen-bond acceptors (Lipinski definition) is 3. The molecule has 4 nitrogen and oxygen atoms in total. The van der Waals surface area contributed by atoms with E-state index in [-0.39, 0.29) is 5.82 Å². The predicted molar refractivity (Wildman–Crippen MR) is 45.6 cm³/mol. The van der Waals surface area contributed by atoms with Crippen molar-refractivity contribution < 1.29 is 9.90 Å². The monoisotopic (exact) mass is 166 g/mol. The molecular formula is C8H10N2O2. The Bertz CT molecular complexity index is 291. The van der Waals surface area contributed by atoms with E-state index in [1.54, 1.807) is 19.1 Å². The van der Waals surface area contributed by atoms with Crippen molar-refractivity contribution in [3.8, 4) is 0 Å². The molecule has 4 heteroatoms. The molecule has 1 heterocycles. The van der Waals surface area contributed by atoms with Gasteiger partial charge in [0.15, 0.2) is 0 Å². The van der Waals surface area contributed by atoms with Crippen LogP contribution in [0, 0.1) is 5.41 Å². The Balaban J connectivity index is 3.07. The molecule has 0 saturated carbocycles. The lowest BCUT2D eigenvalue weighted by Crippen LogP contribution is -2.23. The maximum atomic E-state index is 10.8. The van der Waals surface area contributed by atoms with Crippen LogP contribution in [0.2, 0.25) is 0 Å². The van der Waals surface area contributed by atoms with Crippen molar-refractivity contribution in [2.24, 2.45) is 16.1 Å². The van der Waals surface area contributed by atoms with E-state index in [0.717, 1.165) is 0 Å². The van der Waals surface area contributed by atoms with E-state index in [4.69, 9.17) is 10.8 Å². The lowest BCUT2D eigenvalue weighted by atomic mass is 9.90. The third-order valence-corrected chi connectivity index (χ3v) is 1.66. The number of hydrogen-bond donors (Lipinski definition) is 2. The van der Waals surface area contributed by atoms with Gasteiger partial charge in [-0.2, -0.15) is 0 Å². The summed E-state index contributed by atoms with van der Waals surface area (Å²) in [6, 6.07) is 0. The number of aliphatic imine (C=N–C) groups is 1. The molecule has 0 aliphatic carbocycles. The first-order chi connectivity index (χ1) is 5.54. The summed E-state index contributed by atoms with van der Waals surface area (Å²) in [6.45, 7) is 1.56. The van der Waals surface area contributed by atoms with Crippen molar-refractivity contribution in [2.75, 3.05) is 0 Å². The molecule has 3 N–H and O–H groups in total. The Kier molecular flexibility index (Phi) is 1.99. The minimum atomic E-state index is -1.04. The number of allylic oxidation sites excluding steroid dienone is 1. The Labute approximate surface area is 70.1 Å². The molecule has 0 radical (unpaired) electrons. The van der Waals surface area contributed by atoms with Gasteiger partial charge >= 0.3 is 5.97 Å². The molecule has 0 saturated heterocycles. The number of rotatable bonds is 1. The van der Waals surface area contributed by atoms with Crippen molar-refractivity contribution in [3.63, 3.8) is 0 Å². The van der Waals surface area contributed by atoms with Gasteiger partial charge in [-0.3, -0.25) is 4.79 Å². The third kappa shape index (κ3) is 1.53. The molecule has 1 aliphatic rings. The normalized spacial score (nSPS) is 27.9. The molecule has 1 aliphatic heterocycles. The molecule has 1 atom stereocenters. The number of aliphatic carboxylic acids is 1. The zero-order chi connectivity index (χ0) is 9.19. The maximum absolute atomic E-state index is 10.8. The number of carboxylic acid groups (broad SMARTS) is 1. The van der Waals surface area contributed by atoms with Crippen LogP contribution in [0.5, 0.6) is 0 Å². The van der Waals surface area contributed by atoms with E-state index in [0.29, 0.717) is 0 Å². The number of carbonyl (C=O) groups is 1. The predicted octanol–water partition coefficient (Wildman–Crippen LogP) is 0.518. The van der Waals surface area contributed by atoms with Gasteiger partial charge in [-0.25, -0.2) is 4.99 Å². The van der Waals surface area contributed by atoms with Crippen LogP contribution in [-0.4, -0.2) is 17.3 Å². The van der Waals surface area contributed by atoms with Crippen LogP contribution in [0.15, 0.2) is 29.0 Å². The zero-order valence-corrected chi connectivity index (χ0v) is 6.69. The van der Waals surface area contributed by atoms with Gasteiger partial charge in [0.05, 0.1) is 0 Å². The molecule has 0 bridgehead atoms. The van der Waals surface area contributed by atoms with Gasteiger partial charge in [0, 0.05) is 6.21 Å². The number of nitrogens with two attached hydrogens (primary N) is 1. The highest BCUT2D eigenvalue weighted by Gasteiger charge is 2.28. The maximum Gasteiger partial charge on any atom is 0.317 e. The molecule has 0 amide bonds. The van der Waals surface area contributed by atoms with E-state index in [9.17, 15) is 4.79 Å². The summed E-state index contributed by atoms with van der Waals surface area (Å²) in [7, 11) is 0. The van der Waals surface area contributed by atoms with Gasteiger partial charge in [-0.05, 0) is 19.1 Å². The quantitative estimate of drug-likeness (QED) is 0.596. The molecule has 1 unspecified atom stereocenters. The Morgan fingerprint density at radius 3 is 3.00 bits per heavy atom. The summed E-state index contributed by atoms with van der Waals surface area (Å²) in [6.07, 6.45) is 6.00. The molecule has 0 aromatic carbocycles. The van der Waals surface area contributed by atoms with Crippen molar-refractivity contribution >= 4 is 12.2 Å². The molecule has 0 aromatic rings. The van der Waals surface area contributed by atoms with Crippen LogP contribution >= 0.6 is 0 Å². The fraction of sp³-hybridized carbons (Fsp3) is 0.250. The molecule has 0 spiro atoms. The standard InChI is InChI=1S/C8H10N2O2/c1-8(7(11)12)3-2-4-10-6(9)5-8/h2-5H,9H2,1H3,(H,11,12). The first-order valence-electron chi connectivity index (χ1n) is 3.48. The lowest BCUT2D eigenvalue weighted by Gasteiger charge is -2.14. The van der Waals surface area contributed by atoms with Crippen LogP contribution in [0.25, 0.3) is 0 Å². The highest BCUT2D eigenvalue weighted by atomic mass is 16.4. The van der Waals surface area contributed by atoms with Crippen molar-refractivity contribution in [3.05, 3.63) is 24.0 Å². The Hall–Kier alpha value is -1.58. The molecular weight excluding hydrogens is 156 g/mol. The molecule has 0 aromatic heterocycles. The molecule has 12 heavy (non-hydrogen) atoms. The molecule has 0 fully saturated rings. The van der Waals surface area contributed by atoms with Gasteiger partial charge in [-0.1, -0.05) is 6.08 Å². The summed E-state index contributed by atoms with van der Waals surface area (Å²) >= 11 is 0. The summed E-state index contributed by atoms with van der Waals surface area (Å²) < 4.78 is 0. The van der Waals surface area contributed by atoms with Gasteiger partial charge < -0.3 is 10.8 Å². The number of carboxylic acids is 1. The first-order valence-corrected chi connectivity index (χ1v) is 3.48. The van der Waals surface area contributed by atoms with E-state index in [1.807, 2.05) is 0 Å². The largest absolute Gasteiger partial charge is 0.480 e. The van der Waals surface area contributed by atoms with Crippen LogP contribution in [0.4, 0.5) is 0 Å². The van der Waals surface area contributed by atoms with E-state index < -0.39 is 11.4 Å². The van der Waals surface area contributed by atoms with Crippen LogP contribution in [-0.2, 0) is 4.79 Å². The van der Waals surface area contributed by atoms with E-state index in [2.05, 4.69) is 4.99 Å². The summed E-state index contributed by atoms with van der Waals surface area (Å²) in [5, 5.41) is 8.83. The highest BCUT2D eigenvalue weighted by Crippen LogP contribution is 2.22. The second kappa shape index (κ2) is 2.81. The third-order valence-electron chi connectivity index (χ3n) is 1.66. The van der Waals surface area contributed by atoms with Crippen LogP contribution in [0.1, 0.15) is 6.92 Å². The van der Waals surface area contributed by atoms with Gasteiger partial charge in [0.1, 0.15) is 11.2 Å². The van der Waals surface area contributed by atoms with Gasteiger partial charge in [-0.15, -0.1) is 0 Å². The second-order valence-corrected chi connectivity index (χ2v) is 2.79. The highest BCUT2D eigenvalue weighted by molar-refractivity contribution is 5.83. The minimum Gasteiger partial charge on any atom is -0.480 e. The second-order valence-electron chi connectivity index (χ2n) is 2.79. The average molecular weight is 166 g/mol. The van der Waals surface area contributed by atoms with Crippen molar-refractivity contribution in [1.82, 2.24) is 0 Å². The van der Waals surface area contributed by atoms with Crippen LogP contribution in [0.3, 0.4) is 0 Å². The average Bonchev–Trinajstić information content (AvgIpc) is 2.12. The van der Waals surface area contributed by atoms with Crippen LogP contribution < -0.4 is 5.73 Å². The van der Waals surface area contributed by atoms with Crippen molar-refractivity contribution in [1.29, 1.82) is 0 Å². The molecule has 64 valence electrons. The fourth-order valence-corrected chi connectivity index (χ4v) is 0.898. The summed E-state index contributed by atoms with van der Waals surface area (Å²) in [4.78, 5) is 14.5. The SMILES string of the molecule is CC1(C(=O)O)C=CC=NC(N)=C1. The van der Waals surface area contributed by atoms with Gasteiger partial charge in [0.2, 0.25) is 0 Å². The minimum absolute atomic E-state index is 0.227. The van der Waals surface area contributed by atoms with E-state index in [1.165, 1.54) is 12.3 Å². The zero-order valence-electron chi connectivity index (χ0n) is 6.69. The topological polar surface area (TPSA) is 75.7 Å².